The summed E-state index contributed by atoms with van der Waals surface area (Å²) in [6.45, 7) is 12.9. The molecule has 0 bridgehead atoms. The largest absolute Gasteiger partial charge is 0.453 e. The number of carbonyl (C=O) groups excluding carboxylic acids is 3. The highest BCUT2D eigenvalue weighted by Crippen LogP contribution is 2.58. The number of hydrogen-bond donors (Lipinski definition) is 3. The second-order valence-corrected chi connectivity index (χ2v) is 18.7. The van der Waals surface area contributed by atoms with Crippen LogP contribution in [-0.4, -0.2) is 79.2 Å². The Morgan fingerprint density at radius 1 is 0.900 bits per heavy atom. The molecule has 2 aliphatic carbocycles. The van der Waals surface area contributed by atoms with Gasteiger partial charge in [0.25, 0.3) is 0 Å². The number of aromatic nitrogens is 4. The van der Waals surface area contributed by atoms with Gasteiger partial charge in [0.1, 0.15) is 23.3 Å². The van der Waals surface area contributed by atoms with Crippen LogP contribution in [0.4, 0.5) is 9.59 Å². The average Bonchev–Trinajstić information content (AvgIpc) is 3.74. The molecule has 2 saturated carbocycles. The Morgan fingerprint density at radius 2 is 1.55 bits per heavy atom. The quantitative estimate of drug-likeness (QED) is 0.120. The first-order valence-electron chi connectivity index (χ1n) is 21.6. The van der Waals surface area contributed by atoms with Crippen LogP contribution in [0.1, 0.15) is 104 Å². The molecular weight excluding hydrogens is 755 g/mol. The van der Waals surface area contributed by atoms with Gasteiger partial charge in [0.2, 0.25) is 5.91 Å². The van der Waals surface area contributed by atoms with Crippen LogP contribution in [0.2, 0.25) is 0 Å². The summed E-state index contributed by atoms with van der Waals surface area (Å²) in [4.78, 5) is 59.7. The predicted molar refractivity (Wildman–Crippen MR) is 233 cm³/mol. The van der Waals surface area contributed by atoms with Gasteiger partial charge < -0.3 is 29.7 Å². The Hall–Kier alpha value is -5.65. The van der Waals surface area contributed by atoms with Crippen molar-refractivity contribution in [1.29, 1.82) is 0 Å². The lowest BCUT2D eigenvalue weighted by Crippen LogP contribution is -2.51. The number of rotatable bonds is 11. The minimum Gasteiger partial charge on any atom is -0.453 e. The highest BCUT2D eigenvalue weighted by atomic mass is 16.6. The van der Waals surface area contributed by atoms with E-state index in [9.17, 15) is 14.4 Å². The number of amides is 3. The number of fused-ring (bicyclic) bond motifs is 1. The molecule has 12 nitrogen and oxygen atoms in total. The van der Waals surface area contributed by atoms with Crippen LogP contribution in [0.15, 0.2) is 73.1 Å². The number of alkyl carbamates (subject to hydrolysis) is 1. The number of nitrogens with one attached hydrogen (secondary N) is 3. The molecule has 3 N–H and O–H groups in total. The lowest BCUT2D eigenvalue weighted by molar-refractivity contribution is -0.135. The van der Waals surface area contributed by atoms with E-state index in [4.69, 9.17) is 14.5 Å². The Kier molecular flexibility index (Phi) is 11.3. The van der Waals surface area contributed by atoms with Gasteiger partial charge in [-0.25, -0.2) is 19.6 Å². The third kappa shape index (κ3) is 8.79. The van der Waals surface area contributed by atoms with E-state index in [0.29, 0.717) is 19.0 Å². The summed E-state index contributed by atoms with van der Waals surface area (Å²) in [7, 11) is 1.31. The first kappa shape index (κ1) is 41.1. The molecule has 3 fully saturated rings. The van der Waals surface area contributed by atoms with Crippen molar-refractivity contribution in [3.8, 4) is 33.6 Å². The molecule has 0 radical (unpaired) electrons. The molecule has 3 heterocycles. The molecule has 2 aromatic heterocycles. The number of carbonyl (C=O) groups is 3. The van der Waals surface area contributed by atoms with E-state index in [2.05, 4.69) is 87.9 Å². The number of imidazole rings is 2. The van der Waals surface area contributed by atoms with E-state index >= 15 is 0 Å². The molecular formula is C48H59N7O5. The van der Waals surface area contributed by atoms with Crippen LogP contribution >= 0.6 is 0 Å². The van der Waals surface area contributed by atoms with Crippen molar-refractivity contribution in [3.05, 3.63) is 84.7 Å². The van der Waals surface area contributed by atoms with Crippen molar-refractivity contribution in [1.82, 2.24) is 35.1 Å². The molecule has 4 unspecified atom stereocenters. The summed E-state index contributed by atoms with van der Waals surface area (Å²) in [5, 5.41) is 5.00. The van der Waals surface area contributed by atoms with Crippen molar-refractivity contribution in [3.63, 3.8) is 0 Å². The van der Waals surface area contributed by atoms with Crippen LogP contribution in [0.3, 0.4) is 0 Å². The van der Waals surface area contributed by atoms with E-state index in [-0.39, 0.29) is 35.4 Å². The molecule has 3 amide bonds. The van der Waals surface area contributed by atoms with Gasteiger partial charge in [-0.15, -0.1) is 0 Å². The minimum absolute atomic E-state index is 0.0975. The number of aromatic amines is 2. The number of likely N-dealkylation sites (tertiary alicyclic amines) is 1. The number of benzene rings is 3. The SMILES string of the molecule is CCC1CCC(N(Cc2ncc(-c3ccc(-c4ccc5cc(-c6cnc(C7CC8(CC8)CN7C(=O)C(NC(=O)OC)C(C)C)[nH]6)ccc5c4)cc3)[nH]2)C(=O)OC(C)(C)C)C1. The second kappa shape index (κ2) is 16.4. The Balaban J connectivity index is 0.950. The number of nitrogens with zero attached hydrogens (tertiary/aromatic N) is 4. The van der Waals surface area contributed by atoms with Crippen LogP contribution in [0.5, 0.6) is 0 Å². The zero-order valence-corrected chi connectivity index (χ0v) is 36.0. The van der Waals surface area contributed by atoms with Crippen LogP contribution in [0.25, 0.3) is 44.4 Å². The number of methoxy groups -OCH3 is 1. The van der Waals surface area contributed by atoms with Crippen LogP contribution in [0, 0.1) is 17.3 Å². The Morgan fingerprint density at radius 3 is 2.20 bits per heavy atom. The fourth-order valence-corrected chi connectivity index (χ4v) is 9.15. The monoisotopic (exact) mass is 813 g/mol. The Labute approximate surface area is 352 Å². The van der Waals surface area contributed by atoms with Crippen molar-refractivity contribution < 1.29 is 23.9 Å². The van der Waals surface area contributed by atoms with E-state index < -0.39 is 17.7 Å². The van der Waals surface area contributed by atoms with Crippen LogP contribution < -0.4 is 5.32 Å². The molecule has 60 heavy (non-hydrogen) atoms. The second-order valence-electron chi connectivity index (χ2n) is 18.7. The molecule has 4 atom stereocenters. The molecule has 1 spiro atoms. The van der Waals surface area contributed by atoms with Gasteiger partial charge in [0.15, 0.2) is 0 Å². The third-order valence-electron chi connectivity index (χ3n) is 12.8. The normalized spacial score (nSPS) is 20.1. The highest BCUT2D eigenvalue weighted by Gasteiger charge is 2.55. The Bertz CT molecular complexity index is 2350. The molecule has 8 rings (SSSR count). The summed E-state index contributed by atoms with van der Waals surface area (Å²) >= 11 is 0. The lowest BCUT2D eigenvalue weighted by Gasteiger charge is -2.31. The molecule has 12 heteroatoms. The smallest absolute Gasteiger partial charge is 0.410 e. The standard InChI is InChI=1S/C48H59N7O5/c1-8-30-9-18-37(21-30)54(46(58)60-47(4,5)6)27-41-49-25-38(51-41)32-12-10-31(11-13-32)33-14-15-35-23-36(17-16-34(35)22-33)39-26-50-43(52-39)40-24-48(19-20-48)28-55(40)44(56)42(29(2)3)53-45(57)59-7/h10-17,22-23,25-26,29-30,37,40,42H,8-9,18-21,24,27-28H2,1-7H3,(H,49,51)(H,50,52)(H,53,57). The summed E-state index contributed by atoms with van der Waals surface area (Å²) in [5.41, 5.74) is 5.62. The van der Waals surface area contributed by atoms with Crippen molar-refractivity contribution in [2.24, 2.45) is 17.3 Å². The fraction of sp³-hybridized carbons (Fsp3) is 0.479. The van der Waals surface area contributed by atoms with E-state index in [1.54, 1.807) is 0 Å². The number of ether oxygens (including phenoxy) is 2. The van der Waals surface area contributed by atoms with E-state index in [1.165, 1.54) is 7.11 Å². The third-order valence-corrected chi connectivity index (χ3v) is 12.8. The highest BCUT2D eigenvalue weighted by molar-refractivity contribution is 5.91. The van der Waals surface area contributed by atoms with Gasteiger partial charge in [-0.1, -0.05) is 75.7 Å². The molecule has 1 saturated heterocycles. The minimum atomic E-state index is -0.679. The summed E-state index contributed by atoms with van der Waals surface area (Å²) in [6.07, 6.45) is 10.1. The van der Waals surface area contributed by atoms with E-state index in [1.807, 2.05) is 56.8 Å². The first-order chi connectivity index (χ1) is 28.7. The van der Waals surface area contributed by atoms with Crippen molar-refractivity contribution in [2.75, 3.05) is 13.7 Å². The molecule has 1 aliphatic heterocycles. The maximum atomic E-state index is 13.9. The molecule has 5 aromatic rings. The van der Waals surface area contributed by atoms with Gasteiger partial charge in [-0.05, 0) is 116 Å². The summed E-state index contributed by atoms with van der Waals surface area (Å²) < 4.78 is 10.7. The van der Waals surface area contributed by atoms with Gasteiger partial charge in [-0.3, -0.25) is 9.69 Å². The van der Waals surface area contributed by atoms with Gasteiger partial charge >= 0.3 is 12.2 Å². The zero-order valence-electron chi connectivity index (χ0n) is 36.0. The number of H-pyrrole nitrogens is 2. The number of hydrogen-bond acceptors (Lipinski definition) is 7. The molecule has 316 valence electrons. The van der Waals surface area contributed by atoms with Gasteiger partial charge in [-0.2, -0.15) is 0 Å². The molecule has 3 aliphatic rings. The molecule has 3 aromatic carbocycles. The topological polar surface area (TPSA) is 146 Å². The first-order valence-corrected chi connectivity index (χ1v) is 21.6. The van der Waals surface area contributed by atoms with Crippen molar-refractivity contribution in [2.45, 2.75) is 117 Å². The van der Waals surface area contributed by atoms with Crippen LogP contribution in [-0.2, 0) is 20.8 Å². The predicted octanol–water partition coefficient (Wildman–Crippen LogP) is 10.0. The zero-order chi connectivity index (χ0) is 42.3. The van der Waals surface area contributed by atoms with Crippen molar-refractivity contribution >= 4 is 28.9 Å². The lowest BCUT2D eigenvalue weighted by atomic mass is 9.98. The maximum absolute atomic E-state index is 13.9. The fourth-order valence-electron chi connectivity index (χ4n) is 9.15. The summed E-state index contributed by atoms with van der Waals surface area (Å²) in [5.74, 6) is 1.95. The van der Waals surface area contributed by atoms with Gasteiger partial charge in [0, 0.05) is 18.2 Å². The average molecular weight is 814 g/mol. The van der Waals surface area contributed by atoms with E-state index in [0.717, 1.165) is 101 Å². The maximum Gasteiger partial charge on any atom is 0.410 e. The van der Waals surface area contributed by atoms with Gasteiger partial charge in [0.05, 0.1) is 43.5 Å². The summed E-state index contributed by atoms with van der Waals surface area (Å²) in [6, 6.07) is 20.7.